The summed E-state index contributed by atoms with van der Waals surface area (Å²) in [5.41, 5.74) is 0.409. The van der Waals surface area contributed by atoms with E-state index in [2.05, 4.69) is 15.3 Å². The minimum Gasteiger partial charge on any atom is -0.373 e. The van der Waals surface area contributed by atoms with Gasteiger partial charge in [0.2, 0.25) is 5.91 Å². The Labute approximate surface area is 127 Å². The molecule has 1 aromatic heterocycles. The van der Waals surface area contributed by atoms with Gasteiger partial charge < -0.3 is 15.0 Å². The topological polar surface area (TPSA) is 84.4 Å². The second-order valence-corrected chi connectivity index (χ2v) is 5.40. The van der Waals surface area contributed by atoms with Gasteiger partial charge in [0.15, 0.2) is 5.16 Å². The number of carbonyl (C=O) groups excluding carboxylic acids is 2. The number of thioether (sulfide) groups is 1. The predicted octanol–water partition coefficient (Wildman–Crippen LogP) is 0.176. The third-order valence-electron chi connectivity index (χ3n) is 3.15. The average molecular weight is 310 g/mol. The molecular weight excluding hydrogens is 292 g/mol. The minimum absolute atomic E-state index is 0.0238. The van der Waals surface area contributed by atoms with Gasteiger partial charge in [-0.25, -0.2) is 9.97 Å². The standard InChI is InChI=1S/C13H18N4O3S/c1-9(18)17-3-4-20-11(8-17)7-14-12(19)10-5-15-13(21-2)16-6-10/h5-6,11H,3-4,7-8H2,1-2H3,(H,14,19). The van der Waals surface area contributed by atoms with Gasteiger partial charge in [0.25, 0.3) is 5.91 Å². The molecule has 1 unspecified atom stereocenters. The molecular formula is C13H18N4O3S. The summed E-state index contributed by atoms with van der Waals surface area (Å²) < 4.78 is 5.54. The van der Waals surface area contributed by atoms with Crippen LogP contribution < -0.4 is 5.32 Å². The van der Waals surface area contributed by atoms with Crippen molar-refractivity contribution in [1.82, 2.24) is 20.2 Å². The fraction of sp³-hybridized carbons (Fsp3) is 0.538. The van der Waals surface area contributed by atoms with Crippen LogP contribution in [-0.4, -0.2) is 65.3 Å². The van der Waals surface area contributed by atoms with Gasteiger partial charge in [-0.05, 0) is 6.26 Å². The Bertz CT molecular complexity index is 509. The molecule has 7 nitrogen and oxygen atoms in total. The zero-order valence-corrected chi connectivity index (χ0v) is 12.9. The molecule has 2 amide bonds. The molecule has 21 heavy (non-hydrogen) atoms. The monoisotopic (exact) mass is 310 g/mol. The second kappa shape index (κ2) is 7.37. The number of nitrogens with zero attached hydrogens (tertiary/aromatic N) is 3. The molecule has 0 aromatic carbocycles. The highest BCUT2D eigenvalue weighted by atomic mass is 32.2. The summed E-state index contributed by atoms with van der Waals surface area (Å²) in [6.07, 6.45) is 4.68. The van der Waals surface area contributed by atoms with Crippen molar-refractivity contribution in [3.05, 3.63) is 18.0 Å². The lowest BCUT2D eigenvalue weighted by atomic mass is 10.2. The molecule has 1 fully saturated rings. The summed E-state index contributed by atoms with van der Waals surface area (Å²) in [5, 5.41) is 3.40. The van der Waals surface area contributed by atoms with E-state index in [1.165, 1.54) is 31.1 Å². The van der Waals surface area contributed by atoms with Crippen LogP contribution in [0, 0.1) is 0 Å². The highest BCUT2D eigenvalue weighted by molar-refractivity contribution is 7.98. The van der Waals surface area contributed by atoms with Crippen LogP contribution >= 0.6 is 11.8 Å². The van der Waals surface area contributed by atoms with Crippen LogP contribution in [0.4, 0.5) is 0 Å². The molecule has 8 heteroatoms. The van der Waals surface area contributed by atoms with Crippen molar-refractivity contribution in [1.29, 1.82) is 0 Å². The lowest BCUT2D eigenvalue weighted by Crippen LogP contribution is -2.49. The molecule has 1 saturated heterocycles. The van der Waals surface area contributed by atoms with Gasteiger partial charge in [0.05, 0.1) is 18.3 Å². The molecule has 1 atom stereocenters. The maximum absolute atomic E-state index is 12.0. The zero-order chi connectivity index (χ0) is 15.2. The van der Waals surface area contributed by atoms with Gasteiger partial charge in [-0.1, -0.05) is 11.8 Å². The molecule has 0 bridgehead atoms. The van der Waals surface area contributed by atoms with Gasteiger partial charge >= 0.3 is 0 Å². The number of hydrogen-bond acceptors (Lipinski definition) is 6. The van der Waals surface area contributed by atoms with E-state index in [0.717, 1.165) is 0 Å². The third-order valence-corrected chi connectivity index (χ3v) is 3.72. The van der Waals surface area contributed by atoms with Crippen molar-refractivity contribution in [2.24, 2.45) is 0 Å². The van der Waals surface area contributed by atoms with Crippen LogP contribution in [0.5, 0.6) is 0 Å². The fourth-order valence-electron chi connectivity index (χ4n) is 1.98. The Morgan fingerprint density at radius 2 is 2.19 bits per heavy atom. The molecule has 0 radical (unpaired) electrons. The molecule has 2 rings (SSSR count). The van der Waals surface area contributed by atoms with E-state index < -0.39 is 0 Å². The van der Waals surface area contributed by atoms with Crippen molar-refractivity contribution in [2.75, 3.05) is 32.5 Å². The van der Waals surface area contributed by atoms with Crippen molar-refractivity contribution in [2.45, 2.75) is 18.2 Å². The molecule has 0 aliphatic carbocycles. The molecule has 114 valence electrons. The number of rotatable bonds is 4. The number of nitrogens with one attached hydrogen (secondary N) is 1. The van der Waals surface area contributed by atoms with Crippen LogP contribution in [0.15, 0.2) is 17.6 Å². The van der Waals surface area contributed by atoms with Crippen molar-refractivity contribution >= 4 is 23.6 Å². The maximum atomic E-state index is 12.0. The molecule has 1 aromatic rings. The number of ether oxygens (including phenoxy) is 1. The molecule has 0 saturated carbocycles. The predicted molar refractivity (Wildman–Crippen MR) is 78.1 cm³/mol. The Morgan fingerprint density at radius 1 is 1.48 bits per heavy atom. The molecule has 2 heterocycles. The fourth-order valence-corrected chi connectivity index (χ4v) is 2.29. The highest BCUT2D eigenvalue weighted by Gasteiger charge is 2.22. The lowest BCUT2D eigenvalue weighted by Gasteiger charge is -2.32. The minimum atomic E-state index is -0.244. The van der Waals surface area contributed by atoms with E-state index in [0.29, 0.717) is 37.0 Å². The van der Waals surface area contributed by atoms with Gasteiger partial charge in [0.1, 0.15) is 0 Å². The number of aromatic nitrogens is 2. The van der Waals surface area contributed by atoms with Crippen LogP contribution in [0.1, 0.15) is 17.3 Å². The normalized spacial score (nSPS) is 18.4. The van der Waals surface area contributed by atoms with Crippen LogP contribution in [-0.2, 0) is 9.53 Å². The van der Waals surface area contributed by atoms with E-state index in [9.17, 15) is 9.59 Å². The third kappa shape index (κ3) is 4.40. The first-order chi connectivity index (χ1) is 10.1. The van der Waals surface area contributed by atoms with Gasteiger partial charge in [-0.2, -0.15) is 0 Å². The SMILES string of the molecule is CSc1ncc(C(=O)NCC2CN(C(C)=O)CCO2)cn1. The Morgan fingerprint density at radius 3 is 2.81 bits per heavy atom. The molecule has 1 aliphatic rings. The molecule has 0 spiro atoms. The summed E-state index contributed by atoms with van der Waals surface area (Å²) in [7, 11) is 0. The van der Waals surface area contributed by atoms with Crippen LogP contribution in [0.25, 0.3) is 0 Å². The van der Waals surface area contributed by atoms with Gasteiger partial charge in [-0.3, -0.25) is 9.59 Å². The zero-order valence-electron chi connectivity index (χ0n) is 12.0. The number of hydrogen-bond donors (Lipinski definition) is 1. The summed E-state index contributed by atoms with van der Waals surface area (Å²) >= 11 is 1.42. The molecule has 1 N–H and O–H groups in total. The van der Waals surface area contributed by atoms with E-state index >= 15 is 0 Å². The van der Waals surface area contributed by atoms with Crippen LogP contribution in [0.3, 0.4) is 0 Å². The van der Waals surface area contributed by atoms with Crippen molar-refractivity contribution < 1.29 is 14.3 Å². The lowest BCUT2D eigenvalue weighted by molar-refractivity contribution is -0.136. The van der Waals surface area contributed by atoms with E-state index in [1.807, 2.05) is 6.26 Å². The summed E-state index contributed by atoms with van der Waals surface area (Å²) in [6, 6.07) is 0. The Kier molecular flexibility index (Phi) is 5.51. The smallest absolute Gasteiger partial charge is 0.254 e. The van der Waals surface area contributed by atoms with Gasteiger partial charge in [0, 0.05) is 39.0 Å². The number of morpholine rings is 1. The average Bonchev–Trinajstić information content (AvgIpc) is 2.53. The summed E-state index contributed by atoms with van der Waals surface area (Å²) in [4.78, 5) is 33.1. The van der Waals surface area contributed by atoms with Crippen LogP contribution in [0.2, 0.25) is 0 Å². The first-order valence-electron chi connectivity index (χ1n) is 6.61. The van der Waals surface area contributed by atoms with Crippen molar-refractivity contribution in [3.8, 4) is 0 Å². The largest absolute Gasteiger partial charge is 0.373 e. The second-order valence-electron chi connectivity index (χ2n) is 4.63. The highest BCUT2D eigenvalue weighted by Crippen LogP contribution is 2.08. The van der Waals surface area contributed by atoms with E-state index in [-0.39, 0.29) is 17.9 Å². The number of carbonyl (C=O) groups is 2. The van der Waals surface area contributed by atoms with Crippen molar-refractivity contribution in [3.63, 3.8) is 0 Å². The van der Waals surface area contributed by atoms with E-state index in [4.69, 9.17) is 4.74 Å². The van der Waals surface area contributed by atoms with E-state index in [1.54, 1.807) is 4.90 Å². The summed E-state index contributed by atoms with van der Waals surface area (Å²) in [5.74, 6) is -0.220. The Balaban J connectivity index is 1.84. The summed E-state index contributed by atoms with van der Waals surface area (Å²) in [6.45, 7) is 3.48. The maximum Gasteiger partial charge on any atom is 0.254 e. The number of amides is 2. The Hall–Kier alpha value is -1.67. The van der Waals surface area contributed by atoms with Gasteiger partial charge in [-0.15, -0.1) is 0 Å². The first-order valence-corrected chi connectivity index (χ1v) is 7.84. The first kappa shape index (κ1) is 15.7. The quantitative estimate of drug-likeness (QED) is 0.631. The molecule has 1 aliphatic heterocycles.